The molecule has 6 nitrogen and oxygen atoms in total. The number of phenolic OH excluding ortho intramolecular Hbond substituents is 1. The Bertz CT molecular complexity index is 1020. The van der Waals surface area contributed by atoms with Crippen LogP contribution >= 0.6 is 12.2 Å². The van der Waals surface area contributed by atoms with E-state index in [2.05, 4.69) is 55.7 Å². The number of rotatable bonds is 10. The molecular weight excluding hydrogens is 472 g/mol. The predicted molar refractivity (Wildman–Crippen MR) is 149 cm³/mol. The van der Waals surface area contributed by atoms with Gasteiger partial charge in [0.05, 0.1) is 19.1 Å². The number of nitrogens with one attached hydrogen (secondary N) is 2. The van der Waals surface area contributed by atoms with E-state index in [9.17, 15) is 9.90 Å². The Balaban J connectivity index is 2.00. The average molecular weight is 515 g/mol. The number of aromatic hydroxyl groups is 1. The van der Waals surface area contributed by atoms with Crippen molar-refractivity contribution >= 4 is 23.3 Å². The normalized spacial score (nSPS) is 12.5. The summed E-state index contributed by atoms with van der Waals surface area (Å²) in [7, 11) is 1.52. The van der Waals surface area contributed by atoms with Gasteiger partial charge in [-0.05, 0) is 80.1 Å². The van der Waals surface area contributed by atoms with Crippen molar-refractivity contribution in [2.75, 3.05) is 20.3 Å². The molecule has 0 saturated carbocycles. The second-order valence-corrected chi connectivity index (χ2v) is 11.6. The van der Waals surface area contributed by atoms with Crippen molar-refractivity contribution in [3.8, 4) is 11.5 Å². The lowest BCUT2D eigenvalue weighted by Gasteiger charge is -2.25. The number of thiocarbonyl (C=S) groups is 1. The zero-order valence-corrected chi connectivity index (χ0v) is 23.6. The summed E-state index contributed by atoms with van der Waals surface area (Å²) in [6.45, 7) is 13.7. The molecule has 0 fully saturated rings. The summed E-state index contributed by atoms with van der Waals surface area (Å²) < 4.78 is 10.8. The fraction of sp³-hybridized carbons (Fsp3) is 0.517. The third-order valence-corrected chi connectivity index (χ3v) is 6.25. The van der Waals surface area contributed by atoms with Crippen LogP contribution in [0.1, 0.15) is 64.7 Å². The molecule has 0 heterocycles. The number of carbonyl (C=O) groups excluding carboxylic acids is 1. The SMILES string of the molecule is COc1cc(CNC(=S)NCC(CCc2ccccc2C(C)(C)C)COC(=O)C(C)(C)C)ccc1O. The fourth-order valence-electron chi connectivity index (χ4n) is 3.80. The topological polar surface area (TPSA) is 79.8 Å². The first-order valence-corrected chi connectivity index (χ1v) is 12.8. The smallest absolute Gasteiger partial charge is 0.311 e. The van der Waals surface area contributed by atoms with Gasteiger partial charge in [-0.1, -0.05) is 51.1 Å². The van der Waals surface area contributed by atoms with Crippen LogP contribution in [0.15, 0.2) is 42.5 Å². The van der Waals surface area contributed by atoms with Gasteiger partial charge in [-0.2, -0.15) is 0 Å². The Morgan fingerprint density at radius 3 is 2.39 bits per heavy atom. The molecule has 2 aromatic rings. The zero-order valence-electron chi connectivity index (χ0n) is 22.7. The Morgan fingerprint density at radius 1 is 1.06 bits per heavy atom. The number of hydrogen-bond acceptors (Lipinski definition) is 5. The first kappa shape index (κ1) is 29.4. The molecule has 198 valence electrons. The predicted octanol–water partition coefficient (Wildman–Crippen LogP) is 5.50. The fourth-order valence-corrected chi connectivity index (χ4v) is 3.95. The van der Waals surface area contributed by atoms with Crippen molar-refractivity contribution in [2.45, 2.75) is 66.3 Å². The molecule has 2 aromatic carbocycles. The molecule has 0 aliphatic carbocycles. The minimum absolute atomic E-state index is 0.0609. The molecule has 2 rings (SSSR count). The molecule has 1 unspecified atom stereocenters. The second-order valence-electron chi connectivity index (χ2n) is 11.2. The van der Waals surface area contributed by atoms with Gasteiger partial charge in [-0.3, -0.25) is 4.79 Å². The molecule has 0 bridgehead atoms. The number of aryl methyl sites for hydroxylation is 1. The van der Waals surface area contributed by atoms with Crippen LogP contribution in [0.5, 0.6) is 11.5 Å². The van der Waals surface area contributed by atoms with E-state index < -0.39 is 5.41 Å². The van der Waals surface area contributed by atoms with Crippen LogP contribution in [-0.4, -0.2) is 36.4 Å². The van der Waals surface area contributed by atoms with Crippen molar-refractivity contribution < 1.29 is 19.4 Å². The summed E-state index contributed by atoms with van der Waals surface area (Å²) in [4.78, 5) is 12.4. The van der Waals surface area contributed by atoms with Crippen molar-refractivity contribution in [1.29, 1.82) is 0 Å². The highest BCUT2D eigenvalue weighted by molar-refractivity contribution is 7.80. The van der Waals surface area contributed by atoms with Crippen LogP contribution in [-0.2, 0) is 27.9 Å². The van der Waals surface area contributed by atoms with Gasteiger partial charge in [-0.25, -0.2) is 0 Å². The van der Waals surface area contributed by atoms with Gasteiger partial charge in [0, 0.05) is 19.0 Å². The van der Waals surface area contributed by atoms with E-state index in [1.54, 1.807) is 12.1 Å². The van der Waals surface area contributed by atoms with Crippen LogP contribution in [0.4, 0.5) is 0 Å². The quantitative estimate of drug-likeness (QED) is 0.285. The highest BCUT2D eigenvalue weighted by atomic mass is 32.1. The van der Waals surface area contributed by atoms with Gasteiger partial charge in [-0.15, -0.1) is 0 Å². The highest BCUT2D eigenvalue weighted by Crippen LogP contribution is 2.28. The minimum Gasteiger partial charge on any atom is -0.504 e. The van der Waals surface area contributed by atoms with Gasteiger partial charge in [0.1, 0.15) is 0 Å². The van der Waals surface area contributed by atoms with E-state index in [1.165, 1.54) is 18.2 Å². The molecule has 0 amide bonds. The summed E-state index contributed by atoms with van der Waals surface area (Å²) in [6, 6.07) is 13.7. The third-order valence-electron chi connectivity index (χ3n) is 5.96. The molecule has 0 radical (unpaired) electrons. The Morgan fingerprint density at radius 2 is 1.75 bits per heavy atom. The monoisotopic (exact) mass is 514 g/mol. The van der Waals surface area contributed by atoms with Crippen molar-refractivity contribution in [1.82, 2.24) is 10.6 Å². The van der Waals surface area contributed by atoms with E-state index in [4.69, 9.17) is 21.7 Å². The molecule has 0 aromatic heterocycles. The summed E-state index contributed by atoms with van der Waals surface area (Å²) in [5.74, 6) is 0.412. The maximum atomic E-state index is 12.4. The van der Waals surface area contributed by atoms with Crippen LogP contribution in [0, 0.1) is 11.3 Å². The maximum absolute atomic E-state index is 12.4. The highest BCUT2D eigenvalue weighted by Gasteiger charge is 2.25. The van der Waals surface area contributed by atoms with Gasteiger partial charge in [0.25, 0.3) is 0 Å². The maximum Gasteiger partial charge on any atom is 0.311 e. The van der Waals surface area contributed by atoms with Crippen molar-refractivity contribution in [3.05, 3.63) is 59.2 Å². The molecular formula is C29H42N2O4S. The largest absolute Gasteiger partial charge is 0.504 e. The Kier molecular flexibility index (Phi) is 10.6. The Labute approximate surface area is 221 Å². The second kappa shape index (κ2) is 12.9. The average Bonchev–Trinajstić information content (AvgIpc) is 2.81. The molecule has 7 heteroatoms. The molecule has 0 spiro atoms. The molecule has 3 N–H and O–H groups in total. The van der Waals surface area contributed by atoms with Gasteiger partial charge in [0.2, 0.25) is 0 Å². The standard InChI is InChI=1S/C29H42N2O4S/c1-28(2,3)23-11-9-8-10-22(23)14-12-21(19-35-26(33)29(4,5)6)18-31-27(36)30-17-20-13-15-24(32)25(16-20)34-7/h8-11,13,15-16,21,32H,12,14,17-19H2,1-7H3,(H2,30,31,36). The van der Waals surface area contributed by atoms with Gasteiger partial charge >= 0.3 is 5.97 Å². The first-order chi connectivity index (χ1) is 16.8. The summed E-state index contributed by atoms with van der Waals surface area (Å²) >= 11 is 5.49. The molecule has 0 saturated heterocycles. The molecule has 36 heavy (non-hydrogen) atoms. The first-order valence-electron chi connectivity index (χ1n) is 12.4. The lowest BCUT2D eigenvalue weighted by atomic mass is 9.82. The number of methoxy groups -OCH3 is 1. The van der Waals surface area contributed by atoms with Gasteiger partial charge < -0.3 is 25.2 Å². The number of ether oxygens (including phenoxy) is 2. The molecule has 1 atom stereocenters. The lowest BCUT2D eigenvalue weighted by molar-refractivity contribution is -0.154. The minimum atomic E-state index is -0.543. The molecule has 0 aliphatic heterocycles. The summed E-state index contributed by atoms with van der Waals surface area (Å²) in [6.07, 6.45) is 1.75. The van der Waals surface area contributed by atoms with E-state index >= 15 is 0 Å². The molecule has 0 aliphatic rings. The van der Waals surface area contributed by atoms with Crippen LogP contribution in [0.3, 0.4) is 0 Å². The van der Waals surface area contributed by atoms with Crippen molar-refractivity contribution in [3.63, 3.8) is 0 Å². The number of esters is 1. The van der Waals surface area contributed by atoms with E-state index in [0.29, 0.717) is 30.6 Å². The van der Waals surface area contributed by atoms with E-state index in [0.717, 1.165) is 18.4 Å². The van der Waals surface area contributed by atoms with Crippen LogP contribution in [0.2, 0.25) is 0 Å². The number of carbonyl (C=O) groups is 1. The lowest BCUT2D eigenvalue weighted by Crippen LogP contribution is -2.39. The van der Waals surface area contributed by atoms with Crippen LogP contribution in [0.25, 0.3) is 0 Å². The number of benzene rings is 2. The third kappa shape index (κ3) is 9.34. The zero-order chi connectivity index (χ0) is 26.9. The Hall–Kier alpha value is -2.80. The van der Waals surface area contributed by atoms with E-state index in [-0.39, 0.29) is 23.1 Å². The summed E-state index contributed by atoms with van der Waals surface area (Å²) in [5.41, 5.74) is 3.11. The number of hydrogen-bond donors (Lipinski definition) is 3. The van der Waals surface area contributed by atoms with Crippen LogP contribution < -0.4 is 15.4 Å². The van der Waals surface area contributed by atoms with Gasteiger partial charge in [0.15, 0.2) is 16.6 Å². The summed E-state index contributed by atoms with van der Waals surface area (Å²) in [5, 5.41) is 16.8. The van der Waals surface area contributed by atoms with E-state index in [1.807, 2.05) is 26.8 Å². The van der Waals surface area contributed by atoms with Crippen molar-refractivity contribution in [2.24, 2.45) is 11.3 Å². The number of phenols is 1.